The van der Waals surface area contributed by atoms with E-state index in [1.165, 1.54) is 6.07 Å². The molecular weight excluding hydrogens is 519 g/mol. The van der Waals surface area contributed by atoms with Gasteiger partial charge in [-0.15, -0.1) is 0 Å². The van der Waals surface area contributed by atoms with Gasteiger partial charge in [-0.1, -0.05) is 36.4 Å². The van der Waals surface area contributed by atoms with Gasteiger partial charge in [-0.25, -0.2) is 18.0 Å². The molecule has 0 atom stereocenters. The Morgan fingerprint density at radius 3 is 2.00 bits per heavy atom. The molecule has 0 aliphatic carbocycles. The summed E-state index contributed by atoms with van der Waals surface area (Å²) in [6, 6.07) is 13.3. The van der Waals surface area contributed by atoms with E-state index in [9.17, 15) is 26.4 Å². The van der Waals surface area contributed by atoms with Crippen molar-refractivity contribution in [1.82, 2.24) is 14.1 Å². The lowest BCUT2D eigenvalue weighted by atomic mass is 10.2. The van der Waals surface area contributed by atoms with E-state index in [1.807, 2.05) is 35.2 Å². The summed E-state index contributed by atoms with van der Waals surface area (Å²) < 4.78 is 65.5. The molecular formula is C23H26F3N3O7S. The van der Waals surface area contributed by atoms with Gasteiger partial charge in [-0.3, -0.25) is 9.69 Å². The Labute approximate surface area is 211 Å². The molecule has 2 aromatic rings. The third-order valence-electron chi connectivity index (χ3n) is 5.36. The van der Waals surface area contributed by atoms with Gasteiger partial charge >= 0.3 is 18.1 Å². The van der Waals surface area contributed by atoms with E-state index in [0.29, 0.717) is 25.7 Å². The Balaban J connectivity index is 0.000000717. The summed E-state index contributed by atoms with van der Waals surface area (Å²) in [6.07, 6.45) is -4.61. The van der Waals surface area contributed by atoms with Gasteiger partial charge in [0.05, 0.1) is 17.0 Å². The molecule has 37 heavy (non-hydrogen) atoms. The maximum atomic E-state index is 12.9. The Morgan fingerprint density at radius 2 is 1.49 bits per heavy atom. The van der Waals surface area contributed by atoms with E-state index in [1.54, 1.807) is 11.9 Å². The second kappa shape index (κ2) is 12.7. The number of piperazine rings is 1. The Bertz CT molecular complexity index is 1190. The van der Waals surface area contributed by atoms with Crippen molar-refractivity contribution in [3.05, 3.63) is 65.7 Å². The molecule has 2 aromatic carbocycles. The predicted octanol–water partition coefficient (Wildman–Crippen LogP) is 1.83. The standard InChI is InChI=1S/C21H24F3N3O3S.C2H2O4/c1-25(15-17-6-3-2-4-7-17)20(28)16-26-10-12-27(13-11-26)31(29,30)19-9-5-8-18(14-19)21(22,23)24;3-1(4)2(5)6/h2-9,14H,10-13,15-16H2,1H3;(H,3,4)(H,5,6). The highest BCUT2D eigenvalue weighted by Crippen LogP contribution is 2.31. The fraction of sp³-hybridized carbons (Fsp3) is 0.348. The zero-order valence-corrected chi connectivity index (χ0v) is 20.6. The number of carboxylic acids is 2. The molecule has 0 unspecified atom stereocenters. The first-order chi connectivity index (χ1) is 17.2. The predicted molar refractivity (Wildman–Crippen MR) is 125 cm³/mol. The third kappa shape index (κ3) is 8.84. The highest BCUT2D eigenvalue weighted by atomic mass is 32.2. The highest BCUT2D eigenvalue weighted by Gasteiger charge is 2.34. The number of carbonyl (C=O) groups is 3. The number of halogens is 3. The second-order valence-electron chi connectivity index (χ2n) is 8.05. The minimum absolute atomic E-state index is 0.0851. The molecule has 10 nitrogen and oxygen atoms in total. The molecule has 0 aromatic heterocycles. The molecule has 0 saturated carbocycles. The monoisotopic (exact) mass is 545 g/mol. The van der Waals surface area contributed by atoms with Gasteiger partial charge in [-0.05, 0) is 23.8 Å². The molecule has 3 rings (SSSR count). The summed E-state index contributed by atoms with van der Waals surface area (Å²) in [7, 11) is -2.33. The number of aliphatic carboxylic acids is 2. The number of rotatable bonds is 6. The number of sulfonamides is 1. The number of hydrogen-bond acceptors (Lipinski definition) is 6. The van der Waals surface area contributed by atoms with Crippen molar-refractivity contribution in [2.75, 3.05) is 39.8 Å². The van der Waals surface area contributed by atoms with Crippen LogP contribution in [0.3, 0.4) is 0 Å². The first kappa shape index (κ1) is 29.7. The topological polar surface area (TPSA) is 136 Å². The summed E-state index contributed by atoms with van der Waals surface area (Å²) >= 11 is 0. The van der Waals surface area contributed by atoms with Crippen LogP contribution < -0.4 is 0 Å². The van der Waals surface area contributed by atoms with Gasteiger partial charge in [0.25, 0.3) is 0 Å². The van der Waals surface area contributed by atoms with Gasteiger partial charge in [-0.2, -0.15) is 17.5 Å². The first-order valence-electron chi connectivity index (χ1n) is 10.9. The van der Waals surface area contributed by atoms with Crippen LogP contribution in [0.5, 0.6) is 0 Å². The summed E-state index contributed by atoms with van der Waals surface area (Å²) in [6.45, 7) is 1.49. The van der Waals surface area contributed by atoms with Gasteiger partial charge in [0.2, 0.25) is 15.9 Å². The van der Waals surface area contributed by atoms with Gasteiger partial charge in [0, 0.05) is 39.8 Å². The van der Waals surface area contributed by atoms with Crippen LogP contribution in [0.4, 0.5) is 13.2 Å². The van der Waals surface area contributed by atoms with Crippen LogP contribution in [-0.4, -0.2) is 90.4 Å². The van der Waals surface area contributed by atoms with Crippen LogP contribution in [0.1, 0.15) is 11.1 Å². The number of carbonyl (C=O) groups excluding carboxylic acids is 1. The number of hydrogen-bond donors (Lipinski definition) is 2. The van der Waals surface area contributed by atoms with E-state index in [0.717, 1.165) is 22.0 Å². The second-order valence-corrected chi connectivity index (χ2v) is 9.99. The van der Waals surface area contributed by atoms with Gasteiger partial charge in [0.1, 0.15) is 0 Å². The van der Waals surface area contributed by atoms with E-state index in [4.69, 9.17) is 19.8 Å². The van der Waals surface area contributed by atoms with E-state index in [2.05, 4.69) is 0 Å². The largest absolute Gasteiger partial charge is 0.473 e. The van der Waals surface area contributed by atoms with Crippen molar-refractivity contribution in [1.29, 1.82) is 0 Å². The molecule has 0 bridgehead atoms. The maximum Gasteiger partial charge on any atom is 0.416 e. The van der Waals surface area contributed by atoms with Crippen LogP contribution >= 0.6 is 0 Å². The lowest BCUT2D eigenvalue weighted by Crippen LogP contribution is -2.51. The summed E-state index contributed by atoms with van der Waals surface area (Å²) in [5.41, 5.74) is 0.00890. The molecule has 14 heteroatoms. The molecule has 1 heterocycles. The smallest absolute Gasteiger partial charge is 0.416 e. The quantitative estimate of drug-likeness (QED) is 0.525. The Morgan fingerprint density at radius 1 is 0.919 bits per heavy atom. The van der Waals surface area contributed by atoms with Crippen molar-refractivity contribution in [2.45, 2.75) is 17.6 Å². The van der Waals surface area contributed by atoms with Crippen molar-refractivity contribution in [2.24, 2.45) is 0 Å². The molecule has 0 spiro atoms. The van der Waals surface area contributed by atoms with Crippen LogP contribution in [0.25, 0.3) is 0 Å². The molecule has 0 radical (unpaired) electrons. The first-order valence-corrected chi connectivity index (χ1v) is 12.3. The highest BCUT2D eigenvalue weighted by molar-refractivity contribution is 7.89. The lowest BCUT2D eigenvalue weighted by molar-refractivity contribution is -0.159. The SMILES string of the molecule is CN(Cc1ccccc1)C(=O)CN1CCN(S(=O)(=O)c2cccc(C(F)(F)F)c2)CC1.O=C(O)C(=O)O. The Hall–Kier alpha value is -3.49. The average Bonchev–Trinajstić information content (AvgIpc) is 2.85. The van der Waals surface area contributed by atoms with Crippen molar-refractivity contribution in [3.63, 3.8) is 0 Å². The minimum atomic E-state index is -4.61. The van der Waals surface area contributed by atoms with Crippen molar-refractivity contribution >= 4 is 27.9 Å². The molecule has 1 saturated heterocycles. The van der Waals surface area contributed by atoms with Crippen LogP contribution in [-0.2, 0) is 37.1 Å². The molecule has 2 N–H and O–H groups in total. The zero-order valence-electron chi connectivity index (χ0n) is 19.8. The number of nitrogens with zero attached hydrogens (tertiary/aromatic N) is 3. The molecule has 1 aliphatic heterocycles. The van der Waals surface area contributed by atoms with Crippen LogP contribution in [0.15, 0.2) is 59.5 Å². The normalized spacial score (nSPS) is 14.8. The van der Waals surface area contributed by atoms with Gasteiger partial charge < -0.3 is 15.1 Å². The fourth-order valence-electron chi connectivity index (χ4n) is 3.37. The van der Waals surface area contributed by atoms with Crippen LogP contribution in [0.2, 0.25) is 0 Å². The summed E-state index contributed by atoms with van der Waals surface area (Å²) in [5.74, 6) is -3.73. The molecule has 1 amide bonds. The number of likely N-dealkylation sites (N-methyl/N-ethyl adjacent to an activating group) is 1. The van der Waals surface area contributed by atoms with Gasteiger partial charge in [0.15, 0.2) is 0 Å². The fourth-order valence-corrected chi connectivity index (χ4v) is 4.84. The van der Waals surface area contributed by atoms with E-state index < -0.39 is 33.7 Å². The van der Waals surface area contributed by atoms with Crippen molar-refractivity contribution < 1.29 is 46.2 Å². The van der Waals surface area contributed by atoms with Crippen LogP contribution in [0, 0.1) is 0 Å². The molecule has 1 aliphatic rings. The molecule has 202 valence electrons. The third-order valence-corrected chi connectivity index (χ3v) is 7.26. The minimum Gasteiger partial charge on any atom is -0.473 e. The lowest BCUT2D eigenvalue weighted by Gasteiger charge is -2.34. The number of alkyl halides is 3. The zero-order chi connectivity index (χ0) is 27.8. The van der Waals surface area contributed by atoms with E-state index in [-0.39, 0.29) is 30.4 Å². The number of carboxylic acid groups (broad SMARTS) is 2. The number of benzene rings is 2. The molecule has 1 fully saturated rings. The summed E-state index contributed by atoms with van der Waals surface area (Å²) in [5, 5.41) is 14.8. The van der Waals surface area contributed by atoms with E-state index >= 15 is 0 Å². The maximum absolute atomic E-state index is 12.9. The van der Waals surface area contributed by atoms with Crippen molar-refractivity contribution in [3.8, 4) is 0 Å². The average molecular weight is 546 g/mol. The summed E-state index contributed by atoms with van der Waals surface area (Å²) in [4.78, 5) is 33.8. The number of amides is 1. The Kier molecular flexibility index (Phi) is 10.2.